The van der Waals surface area contributed by atoms with Crippen molar-refractivity contribution in [3.63, 3.8) is 0 Å². The number of amides is 2. The number of carbonyl (C=O) groups is 4. The fraction of sp³-hybridized carbons (Fsp3) is 0.800. The number of carboxylic acid groups (broad SMARTS) is 1. The average molecular weight is 432 g/mol. The largest absolute Gasteiger partial charge is 0.481 e. The van der Waals surface area contributed by atoms with Crippen LogP contribution in [-0.2, 0) is 23.9 Å². The van der Waals surface area contributed by atoms with Crippen LogP contribution in [0.5, 0.6) is 0 Å². The normalized spacial score (nSPS) is 13.7. The summed E-state index contributed by atoms with van der Waals surface area (Å²) in [6, 6.07) is -2.90. The van der Waals surface area contributed by atoms with E-state index in [0.717, 1.165) is 0 Å². The van der Waals surface area contributed by atoms with Gasteiger partial charge in [0.1, 0.15) is 23.3 Å². The molecule has 2 atom stereocenters. The molecule has 0 unspecified atom stereocenters. The topological polar surface area (TPSA) is 157 Å². The Morgan fingerprint density at radius 1 is 0.833 bits per heavy atom. The van der Waals surface area contributed by atoms with Gasteiger partial charge in [-0.05, 0) is 73.8 Å². The number of hydrogen-bond acceptors (Lipinski definition) is 7. The van der Waals surface area contributed by atoms with Crippen molar-refractivity contribution < 1.29 is 33.8 Å². The second kappa shape index (κ2) is 12.4. The molecule has 0 rings (SSSR count). The number of unbranched alkanes of at least 4 members (excludes halogenated alkanes) is 1. The first kappa shape index (κ1) is 27.6. The molecule has 174 valence electrons. The van der Waals surface area contributed by atoms with Crippen molar-refractivity contribution in [1.29, 1.82) is 0 Å². The number of rotatable bonds is 11. The first-order chi connectivity index (χ1) is 13.6. The molecule has 2 amide bonds. The van der Waals surface area contributed by atoms with Crippen LogP contribution in [0.2, 0.25) is 0 Å². The van der Waals surface area contributed by atoms with E-state index in [2.05, 4.69) is 10.6 Å². The van der Waals surface area contributed by atoms with Crippen molar-refractivity contribution in [2.24, 2.45) is 5.73 Å². The van der Waals surface area contributed by atoms with E-state index < -0.39 is 47.2 Å². The fourth-order valence-electron chi connectivity index (χ4n) is 2.36. The number of urea groups is 1. The van der Waals surface area contributed by atoms with Crippen molar-refractivity contribution in [2.45, 2.75) is 96.9 Å². The fourth-order valence-corrected chi connectivity index (χ4v) is 2.36. The molecule has 0 saturated carbocycles. The summed E-state index contributed by atoms with van der Waals surface area (Å²) in [7, 11) is 0. The quantitative estimate of drug-likeness (QED) is 0.284. The van der Waals surface area contributed by atoms with Gasteiger partial charge in [0.2, 0.25) is 0 Å². The van der Waals surface area contributed by atoms with Crippen molar-refractivity contribution in [3.05, 3.63) is 0 Å². The Labute approximate surface area is 178 Å². The Morgan fingerprint density at radius 2 is 1.27 bits per heavy atom. The second-order valence-electron chi connectivity index (χ2n) is 9.01. The Bertz CT molecular complexity index is 594. The van der Waals surface area contributed by atoms with E-state index >= 15 is 0 Å². The highest BCUT2D eigenvalue weighted by Crippen LogP contribution is 2.13. The summed E-state index contributed by atoms with van der Waals surface area (Å²) in [4.78, 5) is 48.2. The predicted molar refractivity (Wildman–Crippen MR) is 111 cm³/mol. The van der Waals surface area contributed by atoms with Crippen LogP contribution in [0.25, 0.3) is 0 Å². The second-order valence-corrected chi connectivity index (χ2v) is 9.01. The SMILES string of the molecule is CC(C)(C)OC(=O)[C@H](CCCCN)NC(=O)N[C@@H](CCC(=O)O)C(=O)OC(C)(C)C. The molecule has 0 aliphatic heterocycles. The van der Waals surface area contributed by atoms with E-state index in [0.29, 0.717) is 25.8 Å². The minimum atomic E-state index is -1.18. The number of nitrogens with one attached hydrogen (secondary N) is 2. The molecular formula is C20H37N3O7. The van der Waals surface area contributed by atoms with Crippen LogP contribution >= 0.6 is 0 Å². The molecular weight excluding hydrogens is 394 g/mol. The van der Waals surface area contributed by atoms with Gasteiger partial charge in [0.05, 0.1) is 0 Å². The molecule has 0 aliphatic rings. The summed E-state index contributed by atoms with van der Waals surface area (Å²) in [5.74, 6) is -2.47. The van der Waals surface area contributed by atoms with Gasteiger partial charge < -0.3 is 30.9 Å². The van der Waals surface area contributed by atoms with E-state index in [4.69, 9.17) is 20.3 Å². The molecule has 0 aromatic rings. The zero-order valence-corrected chi connectivity index (χ0v) is 18.9. The third-order valence-electron chi connectivity index (χ3n) is 3.59. The van der Waals surface area contributed by atoms with Gasteiger partial charge in [0.15, 0.2) is 0 Å². The molecule has 0 bridgehead atoms. The molecule has 0 aliphatic carbocycles. The smallest absolute Gasteiger partial charge is 0.329 e. The predicted octanol–water partition coefficient (Wildman–Crippen LogP) is 1.70. The zero-order valence-electron chi connectivity index (χ0n) is 18.9. The molecule has 10 nitrogen and oxygen atoms in total. The van der Waals surface area contributed by atoms with Crippen LogP contribution in [-0.4, -0.2) is 58.9 Å². The van der Waals surface area contributed by atoms with Crippen molar-refractivity contribution >= 4 is 23.9 Å². The molecule has 0 heterocycles. The van der Waals surface area contributed by atoms with Gasteiger partial charge in [-0.1, -0.05) is 0 Å². The van der Waals surface area contributed by atoms with E-state index in [1.165, 1.54) is 0 Å². The average Bonchev–Trinajstić information content (AvgIpc) is 2.54. The number of carboxylic acids is 1. The highest BCUT2D eigenvalue weighted by Gasteiger charge is 2.30. The summed E-state index contributed by atoms with van der Waals surface area (Å²) in [6.07, 6.45) is 1.08. The molecule has 5 N–H and O–H groups in total. The van der Waals surface area contributed by atoms with Gasteiger partial charge in [0, 0.05) is 6.42 Å². The third-order valence-corrected chi connectivity index (χ3v) is 3.59. The van der Waals surface area contributed by atoms with Crippen LogP contribution in [0.1, 0.15) is 73.6 Å². The lowest BCUT2D eigenvalue weighted by Gasteiger charge is -2.26. The number of nitrogens with two attached hydrogens (primary N) is 1. The lowest BCUT2D eigenvalue weighted by atomic mass is 10.1. The summed E-state index contributed by atoms with van der Waals surface area (Å²) in [5, 5.41) is 13.8. The number of aliphatic carboxylic acids is 1. The maximum atomic E-state index is 12.5. The maximum Gasteiger partial charge on any atom is 0.329 e. The van der Waals surface area contributed by atoms with Crippen LogP contribution in [0.15, 0.2) is 0 Å². The lowest BCUT2D eigenvalue weighted by Crippen LogP contribution is -2.53. The molecule has 10 heteroatoms. The first-order valence-electron chi connectivity index (χ1n) is 10.1. The zero-order chi connectivity index (χ0) is 23.5. The summed E-state index contributed by atoms with van der Waals surface area (Å²) in [5.41, 5.74) is 3.94. The number of hydrogen-bond donors (Lipinski definition) is 4. The van der Waals surface area contributed by atoms with Crippen LogP contribution < -0.4 is 16.4 Å². The molecule has 0 aromatic carbocycles. The van der Waals surface area contributed by atoms with E-state index in [9.17, 15) is 19.2 Å². The molecule has 0 radical (unpaired) electrons. The van der Waals surface area contributed by atoms with Crippen LogP contribution in [0, 0.1) is 0 Å². The van der Waals surface area contributed by atoms with Crippen molar-refractivity contribution in [3.8, 4) is 0 Å². The Hall–Kier alpha value is -2.36. The molecule has 0 spiro atoms. The third kappa shape index (κ3) is 13.8. The highest BCUT2D eigenvalue weighted by molar-refractivity contribution is 5.87. The van der Waals surface area contributed by atoms with Crippen molar-refractivity contribution in [1.82, 2.24) is 10.6 Å². The van der Waals surface area contributed by atoms with Gasteiger partial charge in [-0.2, -0.15) is 0 Å². The number of ether oxygens (including phenoxy) is 2. The van der Waals surface area contributed by atoms with Gasteiger partial charge >= 0.3 is 23.9 Å². The minimum Gasteiger partial charge on any atom is -0.481 e. The van der Waals surface area contributed by atoms with Crippen molar-refractivity contribution in [2.75, 3.05) is 6.54 Å². The van der Waals surface area contributed by atoms with Crippen LogP contribution in [0.3, 0.4) is 0 Å². The molecule has 0 fully saturated rings. The highest BCUT2D eigenvalue weighted by atomic mass is 16.6. The van der Waals surface area contributed by atoms with Crippen LogP contribution in [0.4, 0.5) is 4.79 Å². The summed E-state index contributed by atoms with van der Waals surface area (Å²) < 4.78 is 10.6. The summed E-state index contributed by atoms with van der Waals surface area (Å²) >= 11 is 0. The lowest BCUT2D eigenvalue weighted by molar-refractivity contribution is -0.158. The Balaban J connectivity index is 5.21. The van der Waals surface area contributed by atoms with Gasteiger partial charge in [-0.15, -0.1) is 0 Å². The van der Waals surface area contributed by atoms with E-state index in [1.807, 2.05) is 0 Å². The number of esters is 2. The minimum absolute atomic E-state index is 0.151. The van der Waals surface area contributed by atoms with E-state index in [1.54, 1.807) is 41.5 Å². The van der Waals surface area contributed by atoms with E-state index in [-0.39, 0.29) is 12.8 Å². The van der Waals surface area contributed by atoms with Gasteiger partial charge in [0.25, 0.3) is 0 Å². The Kier molecular flexibility index (Phi) is 11.4. The van der Waals surface area contributed by atoms with Gasteiger partial charge in [-0.3, -0.25) is 4.79 Å². The standard InChI is InChI=1S/C20H37N3O7/c1-19(2,3)29-16(26)13(9-7-8-12-21)22-18(28)23-14(10-11-15(24)25)17(27)30-20(4,5)6/h13-14H,7-12,21H2,1-6H3,(H,24,25)(H2,22,23,28)/t13-,14-/m0/s1. The monoisotopic (exact) mass is 431 g/mol. The summed E-state index contributed by atoms with van der Waals surface area (Å²) in [6.45, 7) is 10.6. The first-order valence-corrected chi connectivity index (χ1v) is 10.1. The molecule has 0 saturated heterocycles. The van der Waals surface area contributed by atoms with Gasteiger partial charge in [-0.25, -0.2) is 14.4 Å². The molecule has 30 heavy (non-hydrogen) atoms. The number of carbonyl (C=O) groups excluding carboxylic acids is 3. The maximum absolute atomic E-state index is 12.5. The molecule has 0 aromatic heterocycles. The Morgan fingerprint density at radius 3 is 1.63 bits per heavy atom.